The van der Waals surface area contributed by atoms with Gasteiger partial charge < -0.3 is 4.90 Å². The summed E-state index contributed by atoms with van der Waals surface area (Å²) in [5.74, 6) is 0. The Labute approximate surface area is 115 Å². The number of rotatable bonds is 3. The van der Waals surface area contributed by atoms with Crippen LogP contribution >= 0.6 is 0 Å². The lowest BCUT2D eigenvalue weighted by Crippen LogP contribution is -2.62. The largest absolute Gasteiger partial charge is 0.304 e. The number of likely N-dealkylation sites (N-methyl/N-ethyl adjacent to an activating group) is 1. The van der Waals surface area contributed by atoms with E-state index in [4.69, 9.17) is 0 Å². The molecule has 0 N–H and O–H groups in total. The molecule has 1 aromatic rings. The molecule has 1 aromatic heterocycles. The Morgan fingerprint density at radius 3 is 2.58 bits per heavy atom. The first-order valence-corrected chi connectivity index (χ1v) is 7.13. The standard InChI is InChI=1S/C14H23N5/c1-12-7-15-8-13(16-12)9-18-10-14(11-18)19-5-3-17(2)4-6-19/h7-8,14H,3-6,9-11H2,1-2H3. The van der Waals surface area contributed by atoms with Crippen molar-refractivity contribution in [3.63, 3.8) is 0 Å². The second kappa shape index (κ2) is 5.53. The Bertz CT molecular complexity index is 422. The molecule has 3 rings (SSSR count). The molecule has 2 aliphatic rings. The van der Waals surface area contributed by atoms with Gasteiger partial charge in [-0.05, 0) is 14.0 Å². The highest BCUT2D eigenvalue weighted by Crippen LogP contribution is 2.18. The van der Waals surface area contributed by atoms with Gasteiger partial charge in [-0.2, -0.15) is 0 Å². The second-order valence-corrected chi connectivity index (χ2v) is 5.84. The van der Waals surface area contributed by atoms with E-state index >= 15 is 0 Å². The summed E-state index contributed by atoms with van der Waals surface area (Å²) in [4.78, 5) is 16.2. The third-order valence-electron chi connectivity index (χ3n) is 4.18. The lowest BCUT2D eigenvalue weighted by Gasteiger charge is -2.47. The third-order valence-corrected chi connectivity index (χ3v) is 4.18. The lowest BCUT2D eigenvalue weighted by atomic mass is 10.1. The maximum Gasteiger partial charge on any atom is 0.0730 e. The molecule has 2 aliphatic heterocycles. The highest BCUT2D eigenvalue weighted by Gasteiger charge is 2.32. The molecule has 0 amide bonds. The summed E-state index contributed by atoms with van der Waals surface area (Å²) in [5.41, 5.74) is 2.10. The van der Waals surface area contributed by atoms with Crippen LogP contribution in [0.3, 0.4) is 0 Å². The van der Waals surface area contributed by atoms with Gasteiger partial charge in [-0.15, -0.1) is 0 Å². The molecule has 0 bridgehead atoms. The average Bonchev–Trinajstić information content (AvgIpc) is 2.35. The van der Waals surface area contributed by atoms with Crippen LogP contribution in [0.15, 0.2) is 12.4 Å². The molecule has 19 heavy (non-hydrogen) atoms. The van der Waals surface area contributed by atoms with E-state index in [0.29, 0.717) is 0 Å². The van der Waals surface area contributed by atoms with E-state index in [1.54, 1.807) is 0 Å². The van der Waals surface area contributed by atoms with Crippen molar-refractivity contribution >= 4 is 0 Å². The molecule has 5 nitrogen and oxygen atoms in total. The van der Waals surface area contributed by atoms with Gasteiger partial charge in [0.2, 0.25) is 0 Å². The Hall–Kier alpha value is -1.04. The number of aromatic nitrogens is 2. The van der Waals surface area contributed by atoms with E-state index in [1.165, 1.54) is 39.3 Å². The van der Waals surface area contributed by atoms with Crippen molar-refractivity contribution < 1.29 is 0 Å². The summed E-state index contributed by atoms with van der Waals surface area (Å²) in [6.07, 6.45) is 3.70. The van der Waals surface area contributed by atoms with E-state index in [1.807, 2.05) is 19.3 Å². The van der Waals surface area contributed by atoms with Crippen molar-refractivity contribution in [2.75, 3.05) is 46.3 Å². The number of piperazine rings is 1. The summed E-state index contributed by atoms with van der Waals surface area (Å²) >= 11 is 0. The zero-order valence-electron chi connectivity index (χ0n) is 11.9. The van der Waals surface area contributed by atoms with E-state index < -0.39 is 0 Å². The summed E-state index contributed by atoms with van der Waals surface area (Å²) in [6, 6.07) is 0.756. The SMILES string of the molecule is Cc1cncc(CN2CC(N3CCN(C)CC3)C2)n1. The summed E-state index contributed by atoms with van der Waals surface area (Å²) in [7, 11) is 2.21. The van der Waals surface area contributed by atoms with Crippen molar-refractivity contribution in [3.8, 4) is 0 Å². The van der Waals surface area contributed by atoms with Crippen molar-refractivity contribution in [2.45, 2.75) is 19.5 Å². The first kappa shape index (κ1) is 13.0. The van der Waals surface area contributed by atoms with Crippen LogP contribution < -0.4 is 0 Å². The van der Waals surface area contributed by atoms with Gasteiger partial charge in [-0.3, -0.25) is 19.8 Å². The fourth-order valence-corrected chi connectivity index (χ4v) is 2.91. The maximum absolute atomic E-state index is 4.52. The minimum absolute atomic E-state index is 0.756. The molecule has 3 heterocycles. The Kier molecular flexibility index (Phi) is 3.77. The first-order chi connectivity index (χ1) is 9.20. The van der Waals surface area contributed by atoms with Crippen LogP contribution in [0.2, 0.25) is 0 Å². The van der Waals surface area contributed by atoms with Crippen LogP contribution in [0.4, 0.5) is 0 Å². The minimum Gasteiger partial charge on any atom is -0.304 e. The van der Waals surface area contributed by atoms with Crippen molar-refractivity contribution in [1.82, 2.24) is 24.7 Å². The van der Waals surface area contributed by atoms with Gasteiger partial charge in [0.25, 0.3) is 0 Å². The Balaban J connectivity index is 1.45. The van der Waals surface area contributed by atoms with Crippen LogP contribution in [0.1, 0.15) is 11.4 Å². The van der Waals surface area contributed by atoms with Gasteiger partial charge in [-0.25, -0.2) is 0 Å². The van der Waals surface area contributed by atoms with Gasteiger partial charge >= 0.3 is 0 Å². The quantitative estimate of drug-likeness (QED) is 0.777. The van der Waals surface area contributed by atoms with Gasteiger partial charge in [0.1, 0.15) is 0 Å². The van der Waals surface area contributed by atoms with Crippen LogP contribution in [0.5, 0.6) is 0 Å². The Morgan fingerprint density at radius 2 is 1.89 bits per heavy atom. The highest BCUT2D eigenvalue weighted by atomic mass is 15.3. The molecule has 0 unspecified atom stereocenters. The molecule has 104 valence electrons. The van der Waals surface area contributed by atoms with Gasteiger partial charge in [0, 0.05) is 64.2 Å². The van der Waals surface area contributed by atoms with Gasteiger partial charge in [-0.1, -0.05) is 0 Å². The summed E-state index contributed by atoms with van der Waals surface area (Å²) < 4.78 is 0. The van der Waals surface area contributed by atoms with E-state index in [-0.39, 0.29) is 0 Å². The van der Waals surface area contributed by atoms with Crippen LogP contribution in [0, 0.1) is 6.92 Å². The zero-order valence-corrected chi connectivity index (χ0v) is 11.9. The number of nitrogens with zero attached hydrogens (tertiary/aromatic N) is 5. The topological polar surface area (TPSA) is 35.5 Å². The molecule has 5 heteroatoms. The number of aryl methyl sites for hydroxylation is 1. The second-order valence-electron chi connectivity index (χ2n) is 5.84. The van der Waals surface area contributed by atoms with Gasteiger partial charge in [0.05, 0.1) is 11.4 Å². The molecule has 0 aromatic carbocycles. The molecule has 0 saturated carbocycles. The Morgan fingerprint density at radius 1 is 1.16 bits per heavy atom. The molecule has 0 atom stereocenters. The third kappa shape index (κ3) is 3.11. The number of likely N-dealkylation sites (tertiary alicyclic amines) is 1. The van der Waals surface area contributed by atoms with Crippen molar-refractivity contribution in [3.05, 3.63) is 23.8 Å². The molecule has 2 saturated heterocycles. The number of hydrogen-bond acceptors (Lipinski definition) is 5. The average molecular weight is 261 g/mol. The first-order valence-electron chi connectivity index (χ1n) is 7.13. The molecular formula is C14H23N5. The molecule has 0 aliphatic carbocycles. The lowest BCUT2D eigenvalue weighted by molar-refractivity contribution is 0.00481. The normalized spacial score (nSPS) is 23.5. The maximum atomic E-state index is 4.52. The summed E-state index contributed by atoms with van der Waals surface area (Å²) in [5, 5.41) is 0. The highest BCUT2D eigenvalue weighted by molar-refractivity contribution is 5.03. The molecular weight excluding hydrogens is 238 g/mol. The van der Waals surface area contributed by atoms with Crippen molar-refractivity contribution in [2.24, 2.45) is 0 Å². The molecule has 0 spiro atoms. The van der Waals surface area contributed by atoms with E-state index in [0.717, 1.165) is 24.0 Å². The predicted molar refractivity (Wildman–Crippen MR) is 74.9 cm³/mol. The smallest absolute Gasteiger partial charge is 0.0730 e. The summed E-state index contributed by atoms with van der Waals surface area (Å²) in [6.45, 7) is 10.2. The van der Waals surface area contributed by atoms with Crippen LogP contribution in [0.25, 0.3) is 0 Å². The zero-order chi connectivity index (χ0) is 13.2. The fourth-order valence-electron chi connectivity index (χ4n) is 2.91. The molecule has 2 fully saturated rings. The van der Waals surface area contributed by atoms with Crippen molar-refractivity contribution in [1.29, 1.82) is 0 Å². The monoisotopic (exact) mass is 261 g/mol. The fraction of sp³-hybridized carbons (Fsp3) is 0.714. The van der Waals surface area contributed by atoms with Crippen LogP contribution in [-0.4, -0.2) is 77.0 Å². The van der Waals surface area contributed by atoms with Crippen LogP contribution in [-0.2, 0) is 6.54 Å². The number of hydrogen-bond donors (Lipinski definition) is 0. The molecule has 0 radical (unpaired) electrons. The predicted octanol–water partition coefficient (Wildman–Crippen LogP) is 0.217. The van der Waals surface area contributed by atoms with Gasteiger partial charge in [0.15, 0.2) is 0 Å². The van der Waals surface area contributed by atoms with E-state index in [2.05, 4.69) is 31.7 Å². The minimum atomic E-state index is 0.756. The van der Waals surface area contributed by atoms with E-state index in [9.17, 15) is 0 Å².